The second-order valence-corrected chi connectivity index (χ2v) is 11.1. The van der Waals surface area contributed by atoms with Gasteiger partial charge in [-0.05, 0) is 61.7 Å². The van der Waals surface area contributed by atoms with Gasteiger partial charge in [-0.15, -0.1) is 0 Å². The summed E-state index contributed by atoms with van der Waals surface area (Å²) in [5.41, 5.74) is 4.54. The maximum Gasteiger partial charge on any atom is 0.319 e. The number of aromatic nitrogens is 2. The standard InChI is InChI=1S/C25H31N7O3S/c1-36(34,35)31-23-14-20-21(29-30-22(20)15-24(23)32-11-2-3-12-32)8-7-17-5-4-6-18(13-17)27-25(33)28-19-9-10-26-16-19/h4-8,13-15,19,26,31H,2-3,9-12,16H2,1H3,(H,29,30)(H2,27,28,33)/b8-7+. The van der Waals surface area contributed by atoms with E-state index in [0.717, 1.165) is 73.9 Å². The number of sulfonamides is 1. The Balaban J connectivity index is 1.36. The largest absolute Gasteiger partial charge is 0.370 e. The average Bonchev–Trinajstić information content (AvgIpc) is 3.59. The second-order valence-electron chi connectivity index (χ2n) is 9.34. The van der Waals surface area contributed by atoms with E-state index in [9.17, 15) is 13.2 Å². The van der Waals surface area contributed by atoms with E-state index in [2.05, 4.69) is 35.8 Å². The highest BCUT2D eigenvalue weighted by Crippen LogP contribution is 2.35. The minimum atomic E-state index is -3.44. The molecule has 36 heavy (non-hydrogen) atoms. The lowest BCUT2D eigenvalue weighted by Crippen LogP contribution is -2.39. The van der Waals surface area contributed by atoms with Crippen molar-refractivity contribution in [3.8, 4) is 0 Å². The lowest BCUT2D eigenvalue weighted by atomic mass is 10.1. The summed E-state index contributed by atoms with van der Waals surface area (Å²) in [5, 5.41) is 17.4. The van der Waals surface area contributed by atoms with Gasteiger partial charge in [-0.3, -0.25) is 9.82 Å². The molecule has 0 bridgehead atoms. The number of aromatic amines is 1. The van der Waals surface area contributed by atoms with Crippen LogP contribution in [0.3, 0.4) is 0 Å². The van der Waals surface area contributed by atoms with Gasteiger partial charge in [0.1, 0.15) is 0 Å². The second kappa shape index (κ2) is 10.2. The van der Waals surface area contributed by atoms with Crippen molar-refractivity contribution < 1.29 is 13.2 Å². The summed E-state index contributed by atoms with van der Waals surface area (Å²) in [4.78, 5) is 14.5. The third kappa shape index (κ3) is 5.80. The van der Waals surface area contributed by atoms with Crippen LogP contribution >= 0.6 is 0 Å². The molecule has 2 aliphatic heterocycles. The highest BCUT2D eigenvalue weighted by Gasteiger charge is 2.20. The van der Waals surface area contributed by atoms with E-state index in [1.165, 1.54) is 0 Å². The molecular weight excluding hydrogens is 478 g/mol. The van der Waals surface area contributed by atoms with Crippen LogP contribution in [-0.2, 0) is 10.0 Å². The van der Waals surface area contributed by atoms with Crippen LogP contribution < -0.4 is 25.6 Å². The number of rotatable bonds is 7. The van der Waals surface area contributed by atoms with E-state index in [4.69, 9.17) is 0 Å². The third-order valence-electron chi connectivity index (χ3n) is 6.42. The zero-order chi connectivity index (χ0) is 25.1. The first-order valence-electron chi connectivity index (χ1n) is 12.2. The van der Waals surface area contributed by atoms with Crippen LogP contribution in [0.1, 0.15) is 30.5 Å². The van der Waals surface area contributed by atoms with Crippen molar-refractivity contribution in [3.05, 3.63) is 47.7 Å². The molecule has 2 amide bonds. The van der Waals surface area contributed by atoms with Crippen LogP contribution in [-0.4, -0.2) is 63.1 Å². The Labute approximate surface area is 210 Å². The number of amides is 2. The van der Waals surface area contributed by atoms with Crippen molar-refractivity contribution in [1.29, 1.82) is 0 Å². The molecule has 0 aliphatic carbocycles. The Morgan fingerprint density at radius 1 is 1.17 bits per heavy atom. The van der Waals surface area contributed by atoms with Crippen LogP contribution in [0, 0.1) is 0 Å². The molecule has 0 spiro atoms. The molecule has 2 aromatic carbocycles. The first-order valence-corrected chi connectivity index (χ1v) is 14.0. The Bertz CT molecular complexity index is 1390. The predicted molar refractivity (Wildman–Crippen MR) is 145 cm³/mol. The van der Waals surface area contributed by atoms with Crippen molar-refractivity contribution in [1.82, 2.24) is 20.8 Å². The summed E-state index contributed by atoms with van der Waals surface area (Å²) in [7, 11) is -3.44. The minimum absolute atomic E-state index is 0.147. The lowest BCUT2D eigenvalue weighted by molar-refractivity contribution is 0.249. The van der Waals surface area contributed by atoms with Gasteiger partial charge in [0.25, 0.3) is 0 Å². The molecule has 5 N–H and O–H groups in total. The van der Waals surface area contributed by atoms with Crippen LogP contribution in [0.2, 0.25) is 0 Å². The number of fused-ring (bicyclic) bond motifs is 1. The van der Waals surface area contributed by atoms with Gasteiger partial charge in [-0.1, -0.05) is 18.2 Å². The fraction of sp³-hybridized carbons (Fsp3) is 0.360. The Morgan fingerprint density at radius 2 is 2.00 bits per heavy atom. The normalized spacial score (nSPS) is 18.2. The number of nitrogens with one attached hydrogen (secondary N) is 5. The van der Waals surface area contributed by atoms with E-state index in [-0.39, 0.29) is 12.1 Å². The molecule has 5 rings (SSSR count). The molecule has 3 aromatic rings. The summed E-state index contributed by atoms with van der Waals surface area (Å²) in [5.74, 6) is 0. The number of carbonyl (C=O) groups excluding carboxylic acids is 1. The van der Waals surface area contributed by atoms with E-state index in [0.29, 0.717) is 17.1 Å². The monoisotopic (exact) mass is 509 g/mol. The minimum Gasteiger partial charge on any atom is -0.370 e. The number of carbonyl (C=O) groups is 1. The number of hydrogen-bond donors (Lipinski definition) is 5. The van der Waals surface area contributed by atoms with Crippen LogP contribution in [0.5, 0.6) is 0 Å². The molecule has 1 unspecified atom stereocenters. The summed E-state index contributed by atoms with van der Waals surface area (Å²) < 4.78 is 26.8. The quantitative estimate of drug-likeness (QED) is 0.332. The smallest absolute Gasteiger partial charge is 0.319 e. The van der Waals surface area contributed by atoms with E-state index in [1.54, 1.807) is 0 Å². The zero-order valence-electron chi connectivity index (χ0n) is 20.2. The van der Waals surface area contributed by atoms with Gasteiger partial charge in [0, 0.05) is 36.7 Å². The van der Waals surface area contributed by atoms with Crippen molar-refractivity contribution >= 4 is 56.2 Å². The summed E-state index contributed by atoms with van der Waals surface area (Å²) in [6, 6.07) is 11.3. The first kappa shape index (κ1) is 24.1. The summed E-state index contributed by atoms with van der Waals surface area (Å²) >= 11 is 0. The first-order chi connectivity index (χ1) is 17.3. The SMILES string of the molecule is CS(=O)(=O)Nc1cc2c(/C=C/c3cccc(NC(=O)NC4CCNC4)c3)n[nH]c2cc1N1CCCC1. The number of benzene rings is 2. The maximum absolute atomic E-state index is 12.3. The Kier molecular flexibility index (Phi) is 6.84. The fourth-order valence-corrected chi connectivity index (χ4v) is 5.29. The number of H-pyrrole nitrogens is 1. The summed E-state index contributed by atoms with van der Waals surface area (Å²) in [6.07, 6.45) is 8.04. The third-order valence-corrected chi connectivity index (χ3v) is 7.02. The van der Waals surface area contributed by atoms with Gasteiger partial charge in [-0.25, -0.2) is 13.2 Å². The molecule has 11 heteroatoms. The molecule has 2 aliphatic rings. The molecule has 1 aromatic heterocycles. The van der Waals surface area contributed by atoms with Crippen LogP contribution in [0.15, 0.2) is 36.4 Å². The number of anilines is 3. The van der Waals surface area contributed by atoms with Crippen LogP contribution in [0.25, 0.3) is 23.1 Å². The zero-order valence-corrected chi connectivity index (χ0v) is 21.0. The number of nitrogens with zero attached hydrogens (tertiary/aromatic N) is 2. The highest BCUT2D eigenvalue weighted by atomic mass is 32.2. The van der Waals surface area contributed by atoms with Crippen molar-refractivity contribution in [2.75, 3.05) is 47.4 Å². The maximum atomic E-state index is 12.3. The number of hydrogen-bond acceptors (Lipinski definition) is 6. The van der Waals surface area contributed by atoms with Gasteiger partial charge < -0.3 is 20.9 Å². The Hall–Kier alpha value is -3.57. The Morgan fingerprint density at radius 3 is 2.75 bits per heavy atom. The molecular formula is C25H31N7O3S. The molecule has 3 heterocycles. The van der Waals surface area contributed by atoms with Gasteiger partial charge in [0.05, 0.1) is 28.8 Å². The lowest BCUT2D eigenvalue weighted by Gasteiger charge is -2.21. The van der Waals surface area contributed by atoms with Crippen molar-refractivity contribution in [2.24, 2.45) is 0 Å². The van der Waals surface area contributed by atoms with Gasteiger partial charge in [0.2, 0.25) is 10.0 Å². The van der Waals surface area contributed by atoms with Gasteiger partial charge in [0.15, 0.2) is 0 Å². The molecule has 10 nitrogen and oxygen atoms in total. The highest BCUT2D eigenvalue weighted by molar-refractivity contribution is 7.92. The van der Waals surface area contributed by atoms with E-state index >= 15 is 0 Å². The van der Waals surface area contributed by atoms with Crippen molar-refractivity contribution in [2.45, 2.75) is 25.3 Å². The predicted octanol–water partition coefficient (Wildman–Crippen LogP) is 3.19. The fourth-order valence-electron chi connectivity index (χ4n) is 4.73. The van der Waals surface area contributed by atoms with Gasteiger partial charge >= 0.3 is 6.03 Å². The molecule has 0 saturated carbocycles. The van der Waals surface area contributed by atoms with E-state index in [1.807, 2.05) is 48.6 Å². The molecule has 2 fully saturated rings. The molecule has 1 atom stereocenters. The van der Waals surface area contributed by atoms with Crippen LogP contribution in [0.4, 0.5) is 21.9 Å². The molecule has 0 radical (unpaired) electrons. The molecule has 190 valence electrons. The van der Waals surface area contributed by atoms with Crippen molar-refractivity contribution in [3.63, 3.8) is 0 Å². The molecule has 2 saturated heterocycles. The van der Waals surface area contributed by atoms with E-state index < -0.39 is 10.0 Å². The van der Waals surface area contributed by atoms with Gasteiger partial charge in [-0.2, -0.15) is 5.10 Å². The summed E-state index contributed by atoms with van der Waals surface area (Å²) in [6.45, 7) is 3.49. The topological polar surface area (TPSA) is 131 Å². The average molecular weight is 510 g/mol. The number of urea groups is 1.